The summed E-state index contributed by atoms with van der Waals surface area (Å²) in [6.07, 6.45) is 0.922. The van der Waals surface area contributed by atoms with E-state index in [2.05, 4.69) is 36.6 Å². The van der Waals surface area contributed by atoms with E-state index in [1.807, 2.05) is 32.0 Å². The Morgan fingerprint density at radius 3 is 2.81 bits per heavy atom. The SMILES string of the molecule is CCNC(=NCC(=O)NCCOC)NCCCn1c(C)nc2ccccc21. The molecule has 27 heavy (non-hydrogen) atoms. The average molecular weight is 374 g/mol. The number of methoxy groups -OCH3 is 1. The van der Waals surface area contributed by atoms with Gasteiger partial charge in [0.05, 0.1) is 17.6 Å². The number of imidazole rings is 1. The van der Waals surface area contributed by atoms with E-state index >= 15 is 0 Å². The molecule has 0 radical (unpaired) electrons. The lowest BCUT2D eigenvalue weighted by Gasteiger charge is -2.12. The van der Waals surface area contributed by atoms with E-state index in [0.29, 0.717) is 19.1 Å². The smallest absolute Gasteiger partial charge is 0.241 e. The molecule has 0 unspecified atom stereocenters. The zero-order valence-electron chi connectivity index (χ0n) is 16.4. The Kier molecular flexibility index (Phi) is 8.57. The fourth-order valence-electron chi connectivity index (χ4n) is 2.76. The average Bonchev–Trinajstić information content (AvgIpc) is 2.98. The summed E-state index contributed by atoms with van der Waals surface area (Å²) < 4.78 is 7.13. The molecule has 1 heterocycles. The zero-order valence-corrected chi connectivity index (χ0v) is 16.4. The van der Waals surface area contributed by atoms with Gasteiger partial charge in [-0.25, -0.2) is 9.98 Å². The number of aryl methyl sites for hydroxylation is 2. The second kappa shape index (κ2) is 11.2. The van der Waals surface area contributed by atoms with Gasteiger partial charge in [0.1, 0.15) is 12.4 Å². The van der Waals surface area contributed by atoms with Gasteiger partial charge in [0.25, 0.3) is 0 Å². The number of hydrogen-bond donors (Lipinski definition) is 3. The van der Waals surface area contributed by atoms with Crippen molar-refractivity contribution in [1.82, 2.24) is 25.5 Å². The van der Waals surface area contributed by atoms with Crippen molar-refractivity contribution < 1.29 is 9.53 Å². The Morgan fingerprint density at radius 2 is 2.04 bits per heavy atom. The predicted octanol–water partition coefficient (Wildman–Crippen LogP) is 1.05. The third-order valence-corrected chi connectivity index (χ3v) is 4.05. The molecule has 148 valence electrons. The van der Waals surface area contributed by atoms with Gasteiger partial charge in [0, 0.05) is 33.3 Å². The van der Waals surface area contributed by atoms with Gasteiger partial charge in [0.15, 0.2) is 5.96 Å². The number of nitrogens with one attached hydrogen (secondary N) is 3. The van der Waals surface area contributed by atoms with Crippen molar-refractivity contribution in [2.24, 2.45) is 4.99 Å². The maximum absolute atomic E-state index is 11.7. The van der Waals surface area contributed by atoms with Crippen molar-refractivity contribution in [1.29, 1.82) is 0 Å². The molecule has 0 bridgehead atoms. The summed E-state index contributed by atoms with van der Waals surface area (Å²) >= 11 is 0. The third-order valence-electron chi connectivity index (χ3n) is 4.05. The highest BCUT2D eigenvalue weighted by atomic mass is 16.5. The minimum atomic E-state index is -0.121. The van der Waals surface area contributed by atoms with Crippen LogP contribution >= 0.6 is 0 Å². The second-order valence-corrected chi connectivity index (χ2v) is 6.12. The van der Waals surface area contributed by atoms with E-state index in [4.69, 9.17) is 4.74 Å². The summed E-state index contributed by atoms with van der Waals surface area (Å²) in [5.41, 5.74) is 2.18. The molecule has 0 aliphatic rings. The molecule has 8 heteroatoms. The number of amides is 1. The van der Waals surface area contributed by atoms with Gasteiger partial charge in [-0.1, -0.05) is 12.1 Å². The van der Waals surface area contributed by atoms with Crippen molar-refractivity contribution in [3.05, 3.63) is 30.1 Å². The summed E-state index contributed by atoms with van der Waals surface area (Å²) in [4.78, 5) is 20.6. The van der Waals surface area contributed by atoms with E-state index < -0.39 is 0 Å². The van der Waals surface area contributed by atoms with E-state index in [0.717, 1.165) is 42.9 Å². The number of carbonyl (C=O) groups excluding carboxylic acids is 1. The number of aliphatic imine (C=N–C) groups is 1. The molecule has 2 rings (SSSR count). The van der Waals surface area contributed by atoms with Crippen LogP contribution in [-0.4, -0.2) is 61.3 Å². The molecule has 8 nitrogen and oxygen atoms in total. The Bertz CT molecular complexity index is 756. The topological polar surface area (TPSA) is 92.6 Å². The number of hydrogen-bond acceptors (Lipinski definition) is 4. The van der Waals surface area contributed by atoms with Gasteiger partial charge < -0.3 is 25.3 Å². The van der Waals surface area contributed by atoms with E-state index in [1.54, 1.807) is 7.11 Å². The minimum Gasteiger partial charge on any atom is -0.383 e. The van der Waals surface area contributed by atoms with E-state index in [1.165, 1.54) is 0 Å². The maximum atomic E-state index is 11.7. The number of nitrogens with zero attached hydrogens (tertiary/aromatic N) is 3. The summed E-state index contributed by atoms with van der Waals surface area (Å²) in [5.74, 6) is 1.54. The van der Waals surface area contributed by atoms with Crippen molar-refractivity contribution >= 4 is 22.9 Å². The van der Waals surface area contributed by atoms with Gasteiger partial charge in [0.2, 0.25) is 5.91 Å². The molecule has 1 aromatic carbocycles. The number of ether oxygens (including phenoxy) is 1. The zero-order chi connectivity index (χ0) is 19.5. The van der Waals surface area contributed by atoms with Crippen LogP contribution in [0.4, 0.5) is 0 Å². The van der Waals surface area contributed by atoms with Gasteiger partial charge in [-0.15, -0.1) is 0 Å². The molecule has 0 fully saturated rings. The first-order valence-corrected chi connectivity index (χ1v) is 9.35. The quantitative estimate of drug-likeness (QED) is 0.328. The lowest BCUT2D eigenvalue weighted by Crippen LogP contribution is -2.39. The first-order chi connectivity index (χ1) is 13.2. The lowest BCUT2D eigenvalue weighted by atomic mass is 10.3. The van der Waals surface area contributed by atoms with Crippen LogP contribution < -0.4 is 16.0 Å². The molecule has 0 atom stereocenters. The largest absolute Gasteiger partial charge is 0.383 e. The molecule has 0 spiro atoms. The van der Waals surface area contributed by atoms with E-state index in [-0.39, 0.29) is 12.5 Å². The summed E-state index contributed by atoms with van der Waals surface area (Å²) in [7, 11) is 1.60. The fourth-order valence-corrected chi connectivity index (χ4v) is 2.76. The number of carbonyl (C=O) groups is 1. The van der Waals surface area contributed by atoms with Crippen LogP contribution in [0, 0.1) is 6.92 Å². The Labute approximate surface area is 160 Å². The minimum absolute atomic E-state index is 0.0876. The van der Waals surface area contributed by atoms with Crippen LogP contribution in [-0.2, 0) is 16.1 Å². The van der Waals surface area contributed by atoms with Crippen LogP contribution in [0.2, 0.25) is 0 Å². The molecule has 0 aliphatic heterocycles. The second-order valence-electron chi connectivity index (χ2n) is 6.12. The number of rotatable bonds is 10. The molecule has 1 aromatic heterocycles. The van der Waals surface area contributed by atoms with Crippen LogP contribution in [0.3, 0.4) is 0 Å². The Hall–Kier alpha value is -2.61. The maximum Gasteiger partial charge on any atom is 0.241 e. The van der Waals surface area contributed by atoms with Crippen molar-refractivity contribution in [2.75, 3.05) is 39.9 Å². The number of benzene rings is 1. The summed E-state index contributed by atoms with van der Waals surface area (Å²) in [6, 6.07) is 8.16. The van der Waals surface area contributed by atoms with Crippen molar-refractivity contribution in [3.63, 3.8) is 0 Å². The first kappa shape index (κ1) is 20.7. The highest BCUT2D eigenvalue weighted by molar-refractivity contribution is 5.84. The highest BCUT2D eigenvalue weighted by Gasteiger charge is 2.06. The van der Waals surface area contributed by atoms with Gasteiger partial charge in [-0.05, 0) is 32.4 Å². The van der Waals surface area contributed by atoms with Gasteiger partial charge in [-0.2, -0.15) is 0 Å². The predicted molar refractivity (Wildman–Crippen MR) is 108 cm³/mol. The number of aromatic nitrogens is 2. The van der Waals surface area contributed by atoms with Crippen LogP contribution in [0.15, 0.2) is 29.3 Å². The number of para-hydroxylation sites is 2. The molecule has 1 amide bonds. The molecule has 0 saturated carbocycles. The van der Waals surface area contributed by atoms with Crippen LogP contribution in [0.5, 0.6) is 0 Å². The number of fused-ring (bicyclic) bond motifs is 1. The summed E-state index contributed by atoms with van der Waals surface area (Å²) in [5, 5.41) is 9.18. The monoisotopic (exact) mass is 374 g/mol. The van der Waals surface area contributed by atoms with Crippen molar-refractivity contribution in [2.45, 2.75) is 26.8 Å². The van der Waals surface area contributed by atoms with Crippen molar-refractivity contribution in [3.8, 4) is 0 Å². The van der Waals surface area contributed by atoms with Gasteiger partial charge >= 0.3 is 0 Å². The molecular formula is C19H30N6O2. The third kappa shape index (κ3) is 6.56. The molecule has 0 saturated heterocycles. The summed E-state index contributed by atoms with van der Waals surface area (Å²) in [6.45, 7) is 7.47. The first-order valence-electron chi connectivity index (χ1n) is 9.35. The Balaban J connectivity index is 1.80. The molecule has 0 aliphatic carbocycles. The van der Waals surface area contributed by atoms with Crippen LogP contribution in [0.1, 0.15) is 19.2 Å². The molecule has 3 N–H and O–H groups in total. The number of guanidine groups is 1. The van der Waals surface area contributed by atoms with Gasteiger partial charge in [-0.3, -0.25) is 4.79 Å². The standard InChI is InChI=1S/C19H30N6O2/c1-4-20-19(23-14-18(26)21-11-13-27-3)22-10-7-12-25-15(2)24-16-8-5-6-9-17(16)25/h5-6,8-9H,4,7,10-14H2,1-3H3,(H,21,26)(H2,20,22,23). The normalized spacial score (nSPS) is 11.6. The highest BCUT2D eigenvalue weighted by Crippen LogP contribution is 2.15. The van der Waals surface area contributed by atoms with Crippen LogP contribution in [0.25, 0.3) is 11.0 Å². The Morgan fingerprint density at radius 1 is 1.22 bits per heavy atom. The lowest BCUT2D eigenvalue weighted by molar-refractivity contribution is -0.119. The van der Waals surface area contributed by atoms with E-state index in [9.17, 15) is 4.79 Å². The fraction of sp³-hybridized carbons (Fsp3) is 0.526. The molecule has 2 aromatic rings. The molecular weight excluding hydrogens is 344 g/mol.